The highest BCUT2D eigenvalue weighted by Crippen LogP contribution is 2.66. The first-order chi connectivity index (χ1) is 11.5. The van der Waals surface area contributed by atoms with Gasteiger partial charge in [0.2, 0.25) is 0 Å². The standard InChI is InChI=1S/C22H34OS/c1-4-19(23)24-18-14-15-8-5-6-12-22(15,3)17-10-13-21(2)11-7-9-16(21)20(17)18/h8,16-18,20H,4-7,9-14H2,1-3H3/t16-,17-,18+,20-,21-,22-/m0/s1. The zero-order chi connectivity index (χ0) is 16.9. The lowest BCUT2D eigenvalue weighted by molar-refractivity contribution is -0.110. The molecule has 4 aliphatic rings. The van der Waals surface area contributed by atoms with Crippen LogP contribution in [0.2, 0.25) is 0 Å². The van der Waals surface area contributed by atoms with E-state index in [1.807, 2.05) is 6.92 Å². The van der Waals surface area contributed by atoms with Crippen molar-refractivity contribution < 1.29 is 4.79 Å². The number of carbonyl (C=O) groups excluding carboxylic acids is 1. The molecule has 0 aliphatic heterocycles. The first-order valence-corrected chi connectivity index (χ1v) is 11.2. The number of hydrogen-bond acceptors (Lipinski definition) is 2. The minimum absolute atomic E-state index is 0.420. The molecule has 24 heavy (non-hydrogen) atoms. The lowest BCUT2D eigenvalue weighted by Gasteiger charge is -2.59. The number of rotatable bonds is 2. The van der Waals surface area contributed by atoms with Gasteiger partial charge in [0.15, 0.2) is 5.12 Å². The minimum atomic E-state index is 0.420. The Balaban J connectivity index is 1.71. The van der Waals surface area contributed by atoms with Gasteiger partial charge in [0.25, 0.3) is 0 Å². The van der Waals surface area contributed by atoms with E-state index in [0.29, 0.717) is 27.6 Å². The molecule has 0 aromatic carbocycles. The molecule has 4 rings (SSSR count). The van der Waals surface area contributed by atoms with E-state index >= 15 is 0 Å². The molecule has 6 atom stereocenters. The molecule has 0 amide bonds. The third kappa shape index (κ3) is 2.54. The van der Waals surface area contributed by atoms with Crippen LogP contribution in [0.15, 0.2) is 11.6 Å². The van der Waals surface area contributed by atoms with Gasteiger partial charge in [0.05, 0.1) is 0 Å². The van der Waals surface area contributed by atoms with E-state index in [4.69, 9.17) is 0 Å². The summed E-state index contributed by atoms with van der Waals surface area (Å²) in [5.74, 6) is 2.49. The maximum Gasteiger partial charge on any atom is 0.188 e. The number of fused-ring (bicyclic) bond motifs is 5. The van der Waals surface area contributed by atoms with E-state index in [0.717, 1.165) is 17.8 Å². The second-order valence-electron chi connectivity index (χ2n) is 9.50. The maximum atomic E-state index is 12.3. The Hall–Kier alpha value is -0.240. The van der Waals surface area contributed by atoms with Crippen LogP contribution in [0.5, 0.6) is 0 Å². The van der Waals surface area contributed by atoms with Gasteiger partial charge < -0.3 is 0 Å². The predicted octanol–water partition coefficient (Wildman–Crippen LogP) is 6.38. The van der Waals surface area contributed by atoms with E-state index in [-0.39, 0.29) is 0 Å². The highest BCUT2D eigenvalue weighted by Gasteiger charge is 2.58. The van der Waals surface area contributed by atoms with Crippen molar-refractivity contribution in [3.63, 3.8) is 0 Å². The van der Waals surface area contributed by atoms with E-state index in [2.05, 4.69) is 19.9 Å². The van der Waals surface area contributed by atoms with Crippen LogP contribution in [0.1, 0.15) is 85.0 Å². The Labute approximate surface area is 152 Å². The Morgan fingerprint density at radius 3 is 2.79 bits per heavy atom. The van der Waals surface area contributed by atoms with Crippen LogP contribution in [0.25, 0.3) is 0 Å². The molecule has 0 radical (unpaired) electrons. The Kier molecular flexibility index (Phi) is 4.43. The van der Waals surface area contributed by atoms with E-state index in [1.54, 1.807) is 17.3 Å². The Morgan fingerprint density at radius 1 is 1.17 bits per heavy atom. The molecule has 2 heteroatoms. The minimum Gasteiger partial charge on any atom is -0.287 e. The van der Waals surface area contributed by atoms with Crippen molar-refractivity contribution in [3.05, 3.63) is 11.6 Å². The quantitative estimate of drug-likeness (QED) is 0.540. The fraction of sp³-hybridized carbons (Fsp3) is 0.864. The molecule has 0 heterocycles. The van der Waals surface area contributed by atoms with Crippen molar-refractivity contribution >= 4 is 16.9 Å². The first-order valence-electron chi connectivity index (χ1n) is 10.4. The number of hydrogen-bond donors (Lipinski definition) is 0. The smallest absolute Gasteiger partial charge is 0.188 e. The largest absolute Gasteiger partial charge is 0.287 e. The summed E-state index contributed by atoms with van der Waals surface area (Å²) in [5, 5.41) is 0.978. The van der Waals surface area contributed by atoms with Crippen molar-refractivity contribution in [1.82, 2.24) is 0 Å². The summed E-state index contributed by atoms with van der Waals surface area (Å²) in [6, 6.07) is 0. The fourth-order valence-electron chi connectivity index (χ4n) is 7.05. The number of thioether (sulfide) groups is 1. The molecule has 0 N–H and O–H groups in total. The number of carbonyl (C=O) groups is 1. The predicted molar refractivity (Wildman–Crippen MR) is 103 cm³/mol. The molecule has 1 nitrogen and oxygen atoms in total. The maximum absolute atomic E-state index is 12.3. The SMILES string of the molecule is CCC(=O)S[C@@H]1CC2=CCCC[C@]2(C)[C@H]2CC[C@]3(C)CCC[C@H]3[C@H]12. The average Bonchev–Trinajstić information content (AvgIpc) is 2.96. The molecule has 0 bridgehead atoms. The zero-order valence-electron chi connectivity index (χ0n) is 15.8. The molecular formula is C22H34OS. The van der Waals surface area contributed by atoms with Crippen molar-refractivity contribution in [2.45, 2.75) is 90.2 Å². The Bertz CT molecular complexity index is 552. The van der Waals surface area contributed by atoms with Gasteiger partial charge >= 0.3 is 0 Å². The molecule has 3 saturated carbocycles. The van der Waals surface area contributed by atoms with Crippen LogP contribution in [0, 0.1) is 28.6 Å². The number of allylic oxidation sites excluding steroid dienone is 2. The fourth-order valence-corrected chi connectivity index (χ4v) is 8.36. The van der Waals surface area contributed by atoms with E-state index in [1.165, 1.54) is 57.8 Å². The summed E-state index contributed by atoms with van der Waals surface area (Å²) in [7, 11) is 0. The van der Waals surface area contributed by atoms with Crippen LogP contribution < -0.4 is 0 Å². The monoisotopic (exact) mass is 346 g/mol. The summed E-state index contributed by atoms with van der Waals surface area (Å²) in [5.41, 5.74) is 2.73. The summed E-state index contributed by atoms with van der Waals surface area (Å²) in [6.45, 7) is 7.18. The topological polar surface area (TPSA) is 17.1 Å². The van der Waals surface area contributed by atoms with Crippen LogP contribution in [-0.4, -0.2) is 10.4 Å². The van der Waals surface area contributed by atoms with Gasteiger partial charge in [-0.05, 0) is 80.0 Å². The molecule has 0 aromatic heterocycles. The summed E-state index contributed by atoms with van der Waals surface area (Å²) >= 11 is 1.73. The van der Waals surface area contributed by atoms with Gasteiger partial charge in [-0.2, -0.15) is 0 Å². The summed E-state index contributed by atoms with van der Waals surface area (Å²) in [4.78, 5) is 12.3. The van der Waals surface area contributed by atoms with Crippen molar-refractivity contribution in [2.75, 3.05) is 0 Å². The van der Waals surface area contributed by atoms with Gasteiger partial charge in [0.1, 0.15) is 0 Å². The molecule has 0 unspecified atom stereocenters. The zero-order valence-corrected chi connectivity index (χ0v) is 16.6. The third-order valence-electron chi connectivity index (χ3n) is 8.38. The van der Waals surface area contributed by atoms with Gasteiger partial charge in [-0.1, -0.05) is 50.6 Å². The lowest BCUT2D eigenvalue weighted by atomic mass is 9.47. The van der Waals surface area contributed by atoms with Gasteiger partial charge in [0, 0.05) is 11.7 Å². The highest BCUT2D eigenvalue weighted by molar-refractivity contribution is 8.14. The van der Waals surface area contributed by atoms with Crippen molar-refractivity contribution in [1.29, 1.82) is 0 Å². The van der Waals surface area contributed by atoms with Gasteiger partial charge in [-0.25, -0.2) is 0 Å². The summed E-state index contributed by atoms with van der Waals surface area (Å²) in [6.07, 6.45) is 15.6. The molecule has 0 spiro atoms. The molecular weight excluding hydrogens is 312 g/mol. The molecule has 3 fully saturated rings. The van der Waals surface area contributed by atoms with Crippen LogP contribution >= 0.6 is 11.8 Å². The van der Waals surface area contributed by atoms with Crippen LogP contribution in [0.3, 0.4) is 0 Å². The first kappa shape index (κ1) is 17.2. The lowest BCUT2D eigenvalue weighted by Crippen LogP contribution is -2.53. The second kappa shape index (κ2) is 6.18. The average molecular weight is 347 g/mol. The Morgan fingerprint density at radius 2 is 2.00 bits per heavy atom. The summed E-state index contributed by atoms with van der Waals surface area (Å²) < 4.78 is 0. The van der Waals surface area contributed by atoms with Gasteiger partial charge in [-0.15, -0.1) is 0 Å². The van der Waals surface area contributed by atoms with Gasteiger partial charge in [-0.3, -0.25) is 4.79 Å². The molecule has 0 aromatic rings. The van der Waals surface area contributed by atoms with E-state index in [9.17, 15) is 4.79 Å². The van der Waals surface area contributed by atoms with Crippen LogP contribution in [-0.2, 0) is 4.79 Å². The second-order valence-corrected chi connectivity index (χ2v) is 10.8. The highest BCUT2D eigenvalue weighted by atomic mass is 32.2. The molecule has 134 valence electrons. The molecule has 0 saturated heterocycles. The molecule has 4 aliphatic carbocycles. The van der Waals surface area contributed by atoms with Crippen molar-refractivity contribution in [3.8, 4) is 0 Å². The van der Waals surface area contributed by atoms with E-state index < -0.39 is 0 Å². The third-order valence-corrected chi connectivity index (χ3v) is 9.71. The van der Waals surface area contributed by atoms with Crippen LogP contribution in [0.4, 0.5) is 0 Å². The normalized spacial score (nSPS) is 47.4. The van der Waals surface area contributed by atoms with Crippen molar-refractivity contribution in [2.24, 2.45) is 28.6 Å².